The summed E-state index contributed by atoms with van der Waals surface area (Å²) in [5, 5.41) is 0. The number of hydrogen-bond acceptors (Lipinski definition) is 0. The first-order valence-electron chi connectivity index (χ1n) is 3.63. The van der Waals surface area contributed by atoms with Crippen LogP contribution in [0.25, 0.3) is 0 Å². The number of benzene rings is 1. The third-order valence-electron chi connectivity index (χ3n) is 1.72. The zero-order chi connectivity index (χ0) is 8.43. The summed E-state index contributed by atoms with van der Waals surface area (Å²) < 4.78 is 12.9. The first-order valence-corrected chi connectivity index (χ1v) is 3.63. The van der Waals surface area contributed by atoms with Crippen LogP contribution in [0.4, 0.5) is 4.39 Å². The minimum absolute atomic E-state index is 0.0925. The van der Waals surface area contributed by atoms with Crippen molar-refractivity contribution in [1.82, 2.24) is 0 Å². The monoisotopic (exact) mass is 148 g/mol. The molecule has 0 aliphatic heterocycles. The lowest BCUT2D eigenvalue weighted by atomic mass is 9.83. The Hall–Kier alpha value is -0.785. The van der Waals surface area contributed by atoms with Crippen LogP contribution in [0.1, 0.15) is 23.9 Å². The fourth-order valence-electron chi connectivity index (χ4n) is 0.892. The van der Waals surface area contributed by atoms with Crippen molar-refractivity contribution >= 4 is 7.85 Å². The highest BCUT2D eigenvalue weighted by atomic mass is 19.1. The highest BCUT2D eigenvalue weighted by molar-refractivity contribution is 6.12. The molecule has 0 N–H and O–H groups in total. The van der Waals surface area contributed by atoms with Gasteiger partial charge in [-0.25, -0.2) is 4.39 Å². The zero-order valence-electron chi connectivity index (χ0n) is 6.76. The van der Waals surface area contributed by atoms with E-state index in [-0.39, 0.29) is 11.6 Å². The van der Waals surface area contributed by atoms with E-state index in [0.717, 1.165) is 5.56 Å². The van der Waals surface area contributed by atoms with Gasteiger partial charge in [-0.15, -0.1) is 0 Å². The van der Waals surface area contributed by atoms with E-state index in [1.54, 1.807) is 13.0 Å². The minimum Gasteiger partial charge on any atom is -0.207 e. The van der Waals surface area contributed by atoms with E-state index in [0.29, 0.717) is 5.56 Å². The Kier molecular flexibility index (Phi) is 2.33. The lowest BCUT2D eigenvalue weighted by molar-refractivity contribution is 0.616. The maximum absolute atomic E-state index is 12.9. The predicted molar refractivity (Wildman–Crippen MR) is 45.3 cm³/mol. The lowest BCUT2D eigenvalue weighted by Gasteiger charge is -2.05. The Morgan fingerprint density at radius 3 is 2.55 bits per heavy atom. The Labute approximate surface area is 67.8 Å². The van der Waals surface area contributed by atoms with E-state index in [4.69, 9.17) is 7.85 Å². The van der Waals surface area contributed by atoms with Gasteiger partial charge >= 0.3 is 0 Å². The Morgan fingerprint density at radius 1 is 1.45 bits per heavy atom. The summed E-state index contributed by atoms with van der Waals surface area (Å²) in [6, 6.07) is 5.08. The third-order valence-corrected chi connectivity index (χ3v) is 1.72. The van der Waals surface area contributed by atoms with Gasteiger partial charge in [0.05, 0.1) is 7.85 Å². The molecule has 0 heterocycles. The molecule has 1 atom stereocenters. The van der Waals surface area contributed by atoms with E-state index in [9.17, 15) is 4.39 Å². The molecule has 0 bridgehead atoms. The van der Waals surface area contributed by atoms with E-state index >= 15 is 0 Å². The Balaban J connectivity index is 3.05. The standard InChI is InChI=1S/C9H10BF/c1-6-3-4-8(7(2)10)5-9(6)11/h3-5,7H,1-2H3. The molecule has 1 aromatic rings. The van der Waals surface area contributed by atoms with Crippen molar-refractivity contribution in [2.24, 2.45) is 0 Å². The first kappa shape index (κ1) is 8.31. The molecule has 0 saturated carbocycles. The molecule has 0 spiro atoms. The molecule has 0 aliphatic rings. The molecule has 0 amide bonds. The molecule has 0 aromatic heterocycles. The molecule has 2 heteroatoms. The number of rotatable bonds is 1. The Bertz CT molecular complexity index is 256. The van der Waals surface area contributed by atoms with Crippen LogP contribution in [0.5, 0.6) is 0 Å². The molecule has 0 nitrogen and oxygen atoms in total. The predicted octanol–water partition coefficient (Wildman–Crippen LogP) is 2.36. The summed E-state index contributed by atoms with van der Waals surface area (Å²) in [5.74, 6) is -0.273. The second-order valence-electron chi connectivity index (χ2n) is 2.80. The molecule has 1 unspecified atom stereocenters. The van der Waals surface area contributed by atoms with Gasteiger partial charge in [-0.2, -0.15) is 0 Å². The van der Waals surface area contributed by atoms with Crippen molar-refractivity contribution in [2.75, 3.05) is 0 Å². The normalized spacial score (nSPS) is 13.0. The maximum Gasteiger partial charge on any atom is 0.126 e. The third kappa shape index (κ3) is 1.82. The molecule has 0 aliphatic carbocycles. The largest absolute Gasteiger partial charge is 0.207 e. The quantitative estimate of drug-likeness (QED) is 0.536. The highest BCUT2D eigenvalue weighted by Crippen LogP contribution is 2.14. The Morgan fingerprint density at radius 2 is 2.09 bits per heavy atom. The van der Waals surface area contributed by atoms with Crippen LogP contribution in [0.2, 0.25) is 0 Å². The summed E-state index contributed by atoms with van der Waals surface area (Å²) in [7, 11) is 5.57. The van der Waals surface area contributed by atoms with Gasteiger partial charge in [0.2, 0.25) is 0 Å². The van der Waals surface area contributed by atoms with Crippen LogP contribution >= 0.6 is 0 Å². The van der Waals surface area contributed by atoms with Gasteiger partial charge in [-0.05, 0) is 18.6 Å². The second kappa shape index (κ2) is 3.08. The zero-order valence-corrected chi connectivity index (χ0v) is 6.76. The highest BCUT2D eigenvalue weighted by Gasteiger charge is 2.01. The van der Waals surface area contributed by atoms with E-state index < -0.39 is 0 Å². The van der Waals surface area contributed by atoms with Crippen molar-refractivity contribution in [3.63, 3.8) is 0 Å². The number of aryl methyl sites for hydroxylation is 1. The molecular formula is C9H10BF. The summed E-state index contributed by atoms with van der Waals surface area (Å²) in [4.78, 5) is 0. The van der Waals surface area contributed by atoms with Crippen LogP contribution in [0, 0.1) is 12.7 Å². The van der Waals surface area contributed by atoms with Crippen molar-refractivity contribution in [1.29, 1.82) is 0 Å². The summed E-state index contributed by atoms with van der Waals surface area (Å²) in [5.41, 5.74) is 1.50. The van der Waals surface area contributed by atoms with E-state index in [2.05, 4.69) is 0 Å². The first-order chi connectivity index (χ1) is 5.11. The smallest absolute Gasteiger partial charge is 0.126 e. The van der Waals surface area contributed by atoms with Gasteiger partial charge in [-0.3, -0.25) is 0 Å². The molecule has 11 heavy (non-hydrogen) atoms. The number of hydrogen-bond donors (Lipinski definition) is 0. The molecule has 0 fully saturated rings. The fourth-order valence-corrected chi connectivity index (χ4v) is 0.892. The summed E-state index contributed by atoms with van der Waals surface area (Å²) in [6.45, 7) is 3.57. The maximum atomic E-state index is 12.9. The van der Waals surface area contributed by atoms with Gasteiger partial charge in [0.15, 0.2) is 0 Å². The van der Waals surface area contributed by atoms with Gasteiger partial charge < -0.3 is 0 Å². The molecular weight excluding hydrogens is 138 g/mol. The topological polar surface area (TPSA) is 0 Å². The van der Waals surface area contributed by atoms with Gasteiger partial charge in [0.25, 0.3) is 0 Å². The average molecular weight is 148 g/mol. The molecule has 1 rings (SSSR count). The molecule has 0 saturated heterocycles. The molecule has 1 aromatic carbocycles. The van der Waals surface area contributed by atoms with E-state index in [1.165, 1.54) is 6.07 Å². The van der Waals surface area contributed by atoms with Crippen molar-refractivity contribution in [3.8, 4) is 0 Å². The van der Waals surface area contributed by atoms with Gasteiger partial charge in [-0.1, -0.05) is 30.4 Å². The van der Waals surface area contributed by atoms with Crippen LogP contribution in [0.3, 0.4) is 0 Å². The summed E-state index contributed by atoms with van der Waals surface area (Å²) >= 11 is 0. The summed E-state index contributed by atoms with van der Waals surface area (Å²) in [6.07, 6.45) is 0. The molecule has 2 radical (unpaired) electrons. The van der Waals surface area contributed by atoms with Crippen LogP contribution < -0.4 is 0 Å². The van der Waals surface area contributed by atoms with Crippen molar-refractivity contribution in [2.45, 2.75) is 19.7 Å². The van der Waals surface area contributed by atoms with Crippen LogP contribution in [-0.2, 0) is 0 Å². The average Bonchev–Trinajstić information content (AvgIpc) is 1.94. The van der Waals surface area contributed by atoms with Crippen LogP contribution in [0.15, 0.2) is 18.2 Å². The fraction of sp³-hybridized carbons (Fsp3) is 0.333. The molecule has 56 valence electrons. The van der Waals surface area contributed by atoms with Crippen molar-refractivity contribution < 1.29 is 4.39 Å². The van der Waals surface area contributed by atoms with Crippen LogP contribution in [-0.4, -0.2) is 7.85 Å². The SMILES string of the molecule is [B]C(C)c1ccc(C)c(F)c1. The second-order valence-corrected chi connectivity index (χ2v) is 2.80. The van der Waals surface area contributed by atoms with Crippen molar-refractivity contribution in [3.05, 3.63) is 35.1 Å². The number of halogens is 1. The van der Waals surface area contributed by atoms with Gasteiger partial charge in [0.1, 0.15) is 5.82 Å². The van der Waals surface area contributed by atoms with E-state index in [1.807, 2.05) is 13.0 Å². The van der Waals surface area contributed by atoms with Gasteiger partial charge in [0, 0.05) is 0 Å². The lowest BCUT2D eigenvalue weighted by Crippen LogP contribution is -1.93. The minimum atomic E-state index is -0.181.